The average Bonchev–Trinajstić information content (AvgIpc) is 1.60. The summed E-state index contributed by atoms with van der Waals surface area (Å²) in [5.74, 6) is 0. The minimum atomic E-state index is -5.26. The van der Waals surface area contributed by atoms with Gasteiger partial charge in [0.25, 0.3) is 0 Å². The van der Waals surface area contributed by atoms with Gasteiger partial charge in [0.15, 0.2) is 0 Å². The second kappa shape index (κ2) is 4.72. The van der Waals surface area contributed by atoms with E-state index in [0.29, 0.717) is 7.11 Å². The minimum absolute atomic E-state index is 0. The minimum Gasteiger partial charge on any atom is -0.725 e. The predicted molar refractivity (Wildman–Crippen MR) is 26.7 cm³/mol. The van der Waals surface area contributed by atoms with Crippen LogP contribution in [0.1, 0.15) is 0 Å². The molecule has 0 atom stereocenters. The topological polar surface area (TPSA) is 110 Å². The maximum atomic E-state index is 9.99. The Morgan fingerprint density at radius 1 is 1.18 bits per heavy atom. The molecule has 0 N–H and O–H groups in total. The summed E-state index contributed by atoms with van der Waals surface area (Å²) >= 11 is 0. The van der Waals surface area contributed by atoms with Gasteiger partial charge in [0.05, 0.1) is 7.11 Å². The summed E-state index contributed by atoms with van der Waals surface area (Å²) in [5, 5.41) is 0. The van der Waals surface area contributed by atoms with Crippen LogP contribution in [-0.2, 0) is 28.6 Å². The summed E-state index contributed by atoms with van der Waals surface area (Å²) in [7, 11) is -9.28. The van der Waals surface area contributed by atoms with Crippen molar-refractivity contribution in [1.29, 1.82) is 0 Å². The van der Waals surface area contributed by atoms with Gasteiger partial charge in [-0.15, -0.1) is 3.63 Å². The van der Waals surface area contributed by atoms with Gasteiger partial charge in [0, 0.05) is 0 Å². The molecule has 0 saturated carbocycles. The van der Waals surface area contributed by atoms with Crippen molar-refractivity contribution in [3.05, 3.63) is 0 Å². The second-order valence-corrected chi connectivity index (χ2v) is 3.56. The van der Waals surface area contributed by atoms with Crippen molar-refractivity contribution >= 4 is 20.8 Å². The first kappa shape index (κ1) is 14.3. The Morgan fingerprint density at radius 2 is 1.55 bits per heavy atom. The van der Waals surface area contributed by atoms with Crippen LogP contribution < -0.4 is 29.6 Å². The normalized spacial score (nSPS) is 12.2. The van der Waals surface area contributed by atoms with Crippen LogP contribution in [0.2, 0.25) is 0 Å². The molecule has 7 nitrogen and oxygen atoms in total. The summed E-state index contributed by atoms with van der Waals surface area (Å²) in [6, 6.07) is 0. The molecule has 0 spiro atoms. The van der Waals surface area contributed by atoms with Crippen LogP contribution in [0.25, 0.3) is 0 Å². The molecule has 0 fully saturated rings. The van der Waals surface area contributed by atoms with Crippen LogP contribution in [-0.4, -0.2) is 28.5 Å². The number of rotatable bonds is 3. The molecule has 0 saturated heterocycles. The molecular weight excluding hydrogens is 211 g/mol. The molecule has 0 aromatic rings. The van der Waals surface area contributed by atoms with Crippen molar-refractivity contribution in [3.63, 3.8) is 0 Å². The van der Waals surface area contributed by atoms with Gasteiger partial charge in [-0.05, 0) is 0 Å². The molecule has 11 heavy (non-hydrogen) atoms. The van der Waals surface area contributed by atoms with Gasteiger partial charge in [-0.3, -0.25) is 4.18 Å². The Balaban J connectivity index is 0. The van der Waals surface area contributed by atoms with Crippen molar-refractivity contribution in [3.8, 4) is 0 Å². The monoisotopic (exact) mass is 214 g/mol. The molecule has 0 aromatic heterocycles. The second-order valence-electron chi connectivity index (χ2n) is 1.05. The maximum Gasteiger partial charge on any atom is 1.00 e. The SMILES string of the molecule is COS(=O)(=O)OS(=O)(=O)[O-].[Na+]. The molecular formula is CH3NaO7S2. The first-order valence-electron chi connectivity index (χ1n) is 1.74. The van der Waals surface area contributed by atoms with E-state index in [1.54, 1.807) is 0 Å². The van der Waals surface area contributed by atoms with Gasteiger partial charge in [0.2, 0.25) is 10.4 Å². The molecule has 0 radical (unpaired) electrons. The fourth-order valence-corrected chi connectivity index (χ4v) is 1.17. The van der Waals surface area contributed by atoms with E-state index >= 15 is 0 Å². The first-order valence-corrected chi connectivity index (χ1v) is 4.41. The van der Waals surface area contributed by atoms with Crippen molar-refractivity contribution in [1.82, 2.24) is 0 Å². The van der Waals surface area contributed by atoms with Crippen molar-refractivity contribution in [2.24, 2.45) is 0 Å². The number of hydrogen-bond acceptors (Lipinski definition) is 7. The Bertz CT molecular complexity index is 284. The molecule has 0 aromatic carbocycles. The van der Waals surface area contributed by atoms with Gasteiger partial charge in [-0.1, -0.05) is 0 Å². The third-order valence-corrected chi connectivity index (χ3v) is 2.11. The molecule has 0 aliphatic carbocycles. The van der Waals surface area contributed by atoms with Crippen molar-refractivity contribution < 1.29 is 58.8 Å². The molecule has 0 unspecified atom stereocenters. The van der Waals surface area contributed by atoms with E-state index in [1.807, 2.05) is 0 Å². The molecule has 0 bridgehead atoms. The Morgan fingerprint density at radius 3 is 1.64 bits per heavy atom. The van der Waals surface area contributed by atoms with Gasteiger partial charge >= 0.3 is 40.0 Å². The van der Waals surface area contributed by atoms with E-state index < -0.39 is 20.8 Å². The van der Waals surface area contributed by atoms with E-state index in [9.17, 15) is 21.4 Å². The van der Waals surface area contributed by atoms with Crippen LogP contribution in [0.5, 0.6) is 0 Å². The zero-order valence-electron chi connectivity index (χ0n) is 5.67. The average molecular weight is 214 g/mol. The van der Waals surface area contributed by atoms with Gasteiger partial charge < -0.3 is 4.55 Å². The molecule has 0 amide bonds. The van der Waals surface area contributed by atoms with Crippen LogP contribution >= 0.6 is 0 Å². The molecule has 0 heterocycles. The largest absolute Gasteiger partial charge is 1.00 e. The Hall–Kier alpha value is 0.780. The quantitative estimate of drug-likeness (QED) is 0.264. The summed E-state index contributed by atoms with van der Waals surface area (Å²) < 4.78 is 55.1. The fourth-order valence-electron chi connectivity index (χ4n) is 0.130. The van der Waals surface area contributed by atoms with Gasteiger partial charge in [-0.25, -0.2) is 8.42 Å². The van der Waals surface area contributed by atoms with Crippen molar-refractivity contribution in [2.75, 3.05) is 7.11 Å². The third-order valence-electron chi connectivity index (χ3n) is 0.371. The van der Waals surface area contributed by atoms with E-state index in [-0.39, 0.29) is 29.6 Å². The summed E-state index contributed by atoms with van der Waals surface area (Å²) in [4.78, 5) is 0. The van der Waals surface area contributed by atoms with Crippen molar-refractivity contribution in [2.45, 2.75) is 0 Å². The first-order chi connectivity index (χ1) is 4.27. The zero-order valence-corrected chi connectivity index (χ0v) is 9.31. The van der Waals surface area contributed by atoms with E-state index in [0.717, 1.165) is 0 Å². The summed E-state index contributed by atoms with van der Waals surface area (Å²) in [5.41, 5.74) is 0. The predicted octanol–water partition coefficient (Wildman–Crippen LogP) is -4.64. The van der Waals surface area contributed by atoms with Crippen LogP contribution in [0.15, 0.2) is 0 Å². The van der Waals surface area contributed by atoms with E-state index in [2.05, 4.69) is 7.81 Å². The summed E-state index contributed by atoms with van der Waals surface area (Å²) in [6.45, 7) is 0. The fraction of sp³-hybridized carbons (Fsp3) is 1.00. The van der Waals surface area contributed by atoms with Crippen LogP contribution in [0, 0.1) is 0 Å². The van der Waals surface area contributed by atoms with E-state index in [4.69, 9.17) is 0 Å². The maximum absolute atomic E-state index is 9.99. The third kappa shape index (κ3) is 8.69. The van der Waals surface area contributed by atoms with Crippen LogP contribution in [0.4, 0.5) is 0 Å². The number of hydrogen-bond donors (Lipinski definition) is 0. The molecule has 0 aliphatic heterocycles. The standard InChI is InChI=1S/CH4O7S2.Na/c1-7-10(5,6)8-9(2,3)4;/h1H3,(H,2,3,4);/q;+1/p-1. The summed E-state index contributed by atoms with van der Waals surface area (Å²) in [6.07, 6.45) is 0. The Kier molecular flexibility index (Phi) is 6.14. The van der Waals surface area contributed by atoms with Gasteiger partial charge in [-0.2, -0.15) is 8.42 Å². The van der Waals surface area contributed by atoms with Gasteiger partial charge in [0.1, 0.15) is 0 Å². The van der Waals surface area contributed by atoms with Crippen LogP contribution in [0.3, 0.4) is 0 Å². The van der Waals surface area contributed by atoms with E-state index in [1.165, 1.54) is 0 Å². The molecule has 10 heteroatoms. The molecule has 0 aliphatic rings. The zero-order chi connectivity index (χ0) is 8.41. The smallest absolute Gasteiger partial charge is 0.725 e. The Labute approximate surface area is 86.3 Å². The molecule has 0 rings (SSSR count). The molecule has 62 valence electrons.